The Labute approximate surface area is 125 Å². The van der Waals surface area contributed by atoms with Crippen LogP contribution in [0.3, 0.4) is 0 Å². The van der Waals surface area contributed by atoms with Crippen molar-refractivity contribution in [2.24, 2.45) is 0 Å². The number of aliphatic hydroxyl groups is 1. The fourth-order valence-electron chi connectivity index (χ4n) is 1.97. The van der Waals surface area contributed by atoms with E-state index in [9.17, 15) is 9.59 Å². The summed E-state index contributed by atoms with van der Waals surface area (Å²) in [5.41, 5.74) is 1.28. The Balaban J connectivity index is 2.46. The number of pyridine rings is 1. The molecule has 0 aliphatic heterocycles. The van der Waals surface area contributed by atoms with Crippen molar-refractivity contribution in [1.82, 2.24) is 14.7 Å². The van der Waals surface area contributed by atoms with Gasteiger partial charge in [-0.1, -0.05) is 18.5 Å². The van der Waals surface area contributed by atoms with E-state index in [4.69, 9.17) is 21.8 Å². The van der Waals surface area contributed by atoms with Gasteiger partial charge in [0.1, 0.15) is 11.3 Å². The topological polar surface area (TPSA) is 104 Å². The first kappa shape index (κ1) is 15.3. The van der Waals surface area contributed by atoms with Crippen LogP contribution in [-0.4, -0.2) is 44.1 Å². The van der Waals surface area contributed by atoms with Gasteiger partial charge in [-0.3, -0.25) is 9.20 Å². The van der Waals surface area contributed by atoms with Gasteiger partial charge in [-0.25, -0.2) is 9.78 Å². The zero-order chi connectivity index (χ0) is 15.6. The normalized spacial score (nSPS) is 12.3. The first-order valence-electron chi connectivity index (χ1n) is 6.29. The third kappa shape index (κ3) is 2.98. The Hall–Kier alpha value is -2.12. The van der Waals surface area contributed by atoms with Gasteiger partial charge in [0.2, 0.25) is 0 Å². The summed E-state index contributed by atoms with van der Waals surface area (Å²) in [6, 6.07) is 1.95. The van der Waals surface area contributed by atoms with E-state index >= 15 is 0 Å². The van der Waals surface area contributed by atoms with Gasteiger partial charge in [0.25, 0.3) is 5.91 Å². The summed E-state index contributed by atoms with van der Waals surface area (Å²) in [7, 11) is 0. The highest BCUT2D eigenvalue weighted by molar-refractivity contribution is 6.30. The largest absolute Gasteiger partial charge is 0.480 e. The molecule has 1 unspecified atom stereocenters. The molecule has 3 N–H and O–H groups in total. The van der Waals surface area contributed by atoms with Crippen LogP contribution >= 0.6 is 11.6 Å². The summed E-state index contributed by atoms with van der Waals surface area (Å²) < 4.78 is 1.51. The van der Waals surface area contributed by atoms with Crippen molar-refractivity contribution >= 4 is 29.1 Å². The number of aliphatic carboxylic acids is 1. The number of aliphatic hydroxyl groups excluding tert-OH is 1. The molecule has 0 bridgehead atoms. The van der Waals surface area contributed by atoms with E-state index in [0.29, 0.717) is 22.8 Å². The molecule has 0 spiro atoms. The van der Waals surface area contributed by atoms with Crippen molar-refractivity contribution in [3.05, 3.63) is 34.7 Å². The minimum atomic E-state index is -1.37. The number of imidazole rings is 1. The van der Waals surface area contributed by atoms with Crippen molar-refractivity contribution in [3.8, 4) is 0 Å². The highest BCUT2D eigenvalue weighted by atomic mass is 35.5. The number of carbonyl (C=O) groups is 2. The minimum absolute atomic E-state index is 0.217. The molecule has 21 heavy (non-hydrogen) atoms. The Morgan fingerprint density at radius 3 is 2.76 bits per heavy atom. The van der Waals surface area contributed by atoms with E-state index in [1.807, 2.05) is 6.92 Å². The van der Waals surface area contributed by atoms with Crippen molar-refractivity contribution in [1.29, 1.82) is 0 Å². The monoisotopic (exact) mass is 311 g/mol. The van der Waals surface area contributed by atoms with Crippen molar-refractivity contribution in [3.63, 3.8) is 0 Å². The van der Waals surface area contributed by atoms with Crippen molar-refractivity contribution in [2.75, 3.05) is 6.61 Å². The average Bonchev–Trinajstić information content (AvgIpc) is 2.81. The molecule has 0 radical (unpaired) electrons. The van der Waals surface area contributed by atoms with E-state index in [-0.39, 0.29) is 5.69 Å². The number of amides is 1. The predicted molar refractivity (Wildman–Crippen MR) is 75.6 cm³/mol. The lowest BCUT2D eigenvalue weighted by atomic mass is 10.2. The van der Waals surface area contributed by atoms with E-state index in [2.05, 4.69) is 10.3 Å². The van der Waals surface area contributed by atoms with Gasteiger partial charge in [-0.05, 0) is 18.6 Å². The van der Waals surface area contributed by atoms with Crippen LogP contribution in [-0.2, 0) is 11.2 Å². The van der Waals surface area contributed by atoms with Gasteiger partial charge < -0.3 is 15.5 Å². The lowest BCUT2D eigenvalue weighted by Gasteiger charge is -2.12. The molecule has 8 heteroatoms. The number of hydrogen-bond donors (Lipinski definition) is 3. The second kappa shape index (κ2) is 6.11. The molecule has 2 aromatic rings. The van der Waals surface area contributed by atoms with Gasteiger partial charge >= 0.3 is 5.97 Å². The summed E-state index contributed by atoms with van der Waals surface area (Å²) in [4.78, 5) is 27.5. The van der Waals surface area contributed by atoms with Crippen LogP contribution in [0.1, 0.15) is 23.1 Å². The number of fused-ring (bicyclic) bond motifs is 1. The van der Waals surface area contributed by atoms with Crippen LogP contribution < -0.4 is 5.32 Å². The highest BCUT2D eigenvalue weighted by Crippen LogP contribution is 2.17. The maximum Gasteiger partial charge on any atom is 0.328 e. The van der Waals surface area contributed by atoms with E-state index < -0.39 is 24.5 Å². The molecular weight excluding hydrogens is 298 g/mol. The van der Waals surface area contributed by atoms with Crippen LogP contribution in [0.5, 0.6) is 0 Å². The van der Waals surface area contributed by atoms with Gasteiger partial charge in [0, 0.05) is 6.20 Å². The zero-order valence-corrected chi connectivity index (χ0v) is 12.0. The highest BCUT2D eigenvalue weighted by Gasteiger charge is 2.24. The Bertz CT molecular complexity index is 698. The number of halogens is 1. The second-order valence-electron chi connectivity index (χ2n) is 4.38. The summed E-state index contributed by atoms with van der Waals surface area (Å²) in [6.07, 6.45) is 2.03. The Morgan fingerprint density at radius 1 is 1.48 bits per heavy atom. The molecule has 0 saturated heterocycles. The predicted octanol–water partition coefficient (Wildman–Crippen LogP) is 0.725. The summed E-state index contributed by atoms with van der Waals surface area (Å²) in [6.45, 7) is 1.14. The number of carboxylic acids is 1. The third-order valence-electron chi connectivity index (χ3n) is 2.99. The zero-order valence-electron chi connectivity index (χ0n) is 11.2. The quantitative estimate of drug-likeness (QED) is 0.755. The summed E-state index contributed by atoms with van der Waals surface area (Å²) in [5, 5.41) is 20.6. The molecule has 0 saturated carbocycles. The fourth-order valence-corrected chi connectivity index (χ4v) is 2.13. The lowest BCUT2D eigenvalue weighted by molar-refractivity contribution is -0.140. The van der Waals surface area contributed by atoms with Crippen molar-refractivity contribution in [2.45, 2.75) is 19.4 Å². The number of hydrogen-bond acceptors (Lipinski definition) is 4. The van der Waals surface area contributed by atoms with E-state index in [0.717, 1.165) is 0 Å². The number of carboxylic acid groups (broad SMARTS) is 1. The summed E-state index contributed by atoms with van der Waals surface area (Å²) in [5.74, 6) is -1.93. The number of aryl methyl sites for hydroxylation is 1. The van der Waals surface area contributed by atoms with Gasteiger partial charge in [0.05, 0.1) is 17.3 Å². The molecular formula is C13H14ClN3O4. The van der Waals surface area contributed by atoms with Crippen LogP contribution in [0.2, 0.25) is 5.02 Å². The molecule has 0 aliphatic rings. The number of carbonyl (C=O) groups excluding carboxylic acids is 1. The Morgan fingerprint density at radius 2 is 2.19 bits per heavy atom. The maximum absolute atomic E-state index is 12.3. The second-order valence-corrected chi connectivity index (χ2v) is 4.82. The fraction of sp³-hybridized carbons (Fsp3) is 0.308. The van der Waals surface area contributed by atoms with Crippen LogP contribution in [0.15, 0.2) is 18.3 Å². The van der Waals surface area contributed by atoms with Crippen molar-refractivity contribution < 1.29 is 19.8 Å². The molecule has 2 rings (SSSR count). The van der Waals surface area contributed by atoms with Crippen LogP contribution in [0.4, 0.5) is 0 Å². The minimum Gasteiger partial charge on any atom is -0.480 e. The number of aromatic nitrogens is 2. The molecule has 7 nitrogen and oxygen atoms in total. The molecule has 2 aromatic heterocycles. The lowest BCUT2D eigenvalue weighted by Crippen LogP contribution is -2.43. The molecule has 0 aromatic carbocycles. The van der Waals surface area contributed by atoms with Crippen LogP contribution in [0.25, 0.3) is 5.65 Å². The molecule has 112 valence electrons. The molecule has 1 amide bonds. The molecule has 2 heterocycles. The standard InChI is InChI=1S/C13H14ClN3O4/c1-2-8-11(12(19)16-9(6-18)13(20)21)17-5-7(14)3-4-10(17)15-8/h3-5,9,18H,2,6H2,1H3,(H,16,19)(H,20,21). The number of rotatable bonds is 5. The number of nitrogens with zero attached hydrogens (tertiary/aromatic N) is 2. The first-order valence-corrected chi connectivity index (χ1v) is 6.66. The van der Waals surface area contributed by atoms with Gasteiger partial charge in [-0.2, -0.15) is 0 Å². The Kier molecular flexibility index (Phi) is 4.44. The SMILES string of the molecule is CCc1nc2ccc(Cl)cn2c1C(=O)NC(CO)C(=O)O. The molecule has 0 fully saturated rings. The number of nitrogens with one attached hydrogen (secondary N) is 1. The van der Waals surface area contributed by atoms with E-state index in [1.165, 1.54) is 10.6 Å². The third-order valence-corrected chi connectivity index (χ3v) is 3.21. The van der Waals surface area contributed by atoms with Gasteiger partial charge in [-0.15, -0.1) is 0 Å². The maximum atomic E-state index is 12.3. The summed E-state index contributed by atoms with van der Waals surface area (Å²) >= 11 is 5.92. The van der Waals surface area contributed by atoms with Gasteiger partial charge in [0.15, 0.2) is 6.04 Å². The average molecular weight is 312 g/mol. The first-order chi connectivity index (χ1) is 9.97. The van der Waals surface area contributed by atoms with E-state index in [1.54, 1.807) is 12.1 Å². The smallest absolute Gasteiger partial charge is 0.328 e. The molecule has 0 aliphatic carbocycles. The van der Waals surface area contributed by atoms with Crippen LogP contribution in [0, 0.1) is 0 Å². The molecule has 1 atom stereocenters.